The van der Waals surface area contributed by atoms with Crippen LogP contribution in [0.4, 0.5) is 11.9 Å². The predicted molar refractivity (Wildman–Crippen MR) is 90.8 cm³/mol. The first-order valence-electron chi connectivity index (χ1n) is 7.45. The lowest BCUT2D eigenvalue weighted by Gasteiger charge is -2.14. The van der Waals surface area contributed by atoms with E-state index in [0.29, 0.717) is 23.2 Å². The van der Waals surface area contributed by atoms with Gasteiger partial charge in [0.25, 0.3) is 0 Å². The summed E-state index contributed by atoms with van der Waals surface area (Å²) >= 11 is 0. The summed E-state index contributed by atoms with van der Waals surface area (Å²) in [4.78, 5) is 26.0. The number of anilines is 2. The van der Waals surface area contributed by atoms with Crippen molar-refractivity contribution in [1.29, 1.82) is 0 Å². The maximum Gasteiger partial charge on any atom is 0.337 e. The highest BCUT2D eigenvalue weighted by Crippen LogP contribution is 2.21. The number of carbonyl (C=O) groups is 1. The average Bonchev–Trinajstić information content (AvgIpc) is 2.54. The number of esters is 1. The molecule has 0 unspecified atom stereocenters. The quantitative estimate of drug-likeness (QED) is 0.807. The molecule has 0 aliphatic rings. The predicted octanol–water partition coefficient (Wildman–Crippen LogP) is 2.34. The molecule has 1 heterocycles. The van der Waals surface area contributed by atoms with Gasteiger partial charge >= 0.3 is 12.0 Å². The van der Waals surface area contributed by atoms with Gasteiger partial charge in [-0.1, -0.05) is 0 Å². The van der Waals surface area contributed by atoms with Crippen molar-refractivity contribution in [3.05, 3.63) is 29.8 Å². The Morgan fingerprint density at radius 2 is 1.79 bits per heavy atom. The van der Waals surface area contributed by atoms with E-state index in [1.807, 2.05) is 27.9 Å². The molecule has 0 spiro atoms. The molecule has 8 nitrogen and oxygen atoms in total. The fourth-order valence-electron chi connectivity index (χ4n) is 1.80. The standard InChI is InChI=1S/C16H21N5O3/c1-10(2)17-14-18-15(21(3)4)20-16(19-14)24-12-8-6-11(7-9-12)13(22)23-5/h6-10H,1-5H3,(H,17,18,19,20). The summed E-state index contributed by atoms with van der Waals surface area (Å²) in [5.74, 6) is 1.02. The molecule has 2 aromatic rings. The molecule has 0 amide bonds. The van der Waals surface area contributed by atoms with Gasteiger partial charge < -0.3 is 19.7 Å². The first kappa shape index (κ1) is 17.5. The molecule has 0 aliphatic heterocycles. The fraction of sp³-hybridized carbons (Fsp3) is 0.375. The molecule has 0 radical (unpaired) electrons. The minimum atomic E-state index is -0.403. The van der Waals surface area contributed by atoms with Crippen LogP contribution in [0, 0.1) is 0 Å². The molecule has 24 heavy (non-hydrogen) atoms. The molecule has 0 aliphatic carbocycles. The van der Waals surface area contributed by atoms with Gasteiger partial charge in [-0.25, -0.2) is 4.79 Å². The van der Waals surface area contributed by atoms with Crippen LogP contribution in [-0.4, -0.2) is 48.2 Å². The molecule has 8 heteroatoms. The summed E-state index contributed by atoms with van der Waals surface area (Å²) in [5, 5.41) is 3.13. The van der Waals surface area contributed by atoms with Crippen LogP contribution in [0.1, 0.15) is 24.2 Å². The molecular weight excluding hydrogens is 310 g/mol. The molecule has 0 saturated heterocycles. The fourth-order valence-corrected chi connectivity index (χ4v) is 1.80. The number of hydrogen-bond acceptors (Lipinski definition) is 8. The second-order valence-corrected chi connectivity index (χ2v) is 5.55. The number of benzene rings is 1. The Bertz CT molecular complexity index is 701. The van der Waals surface area contributed by atoms with Gasteiger partial charge in [0.15, 0.2) is 0 Å². The molecule has 0 bridgehead atoms. The van der Waals surface area contributed by atoms with Crippen LogP contribution >= 0.6 is 0 Å². The van der Waals surface area contributed by atoms with Crippen molar-refractivity contribution in [3.8, 4) is 11.8 Å². The molecule has 0 atom stereocenters. The van der Waals surface area contributed by atoms with E-state index < -0.39 is 5.97 Å². The lowest BCUT2D eigenvalue weighted by atomic mass is 10.2. The number of carbonyl (C=O) groups excluding carboxylic acids is 1. The summed E-state index contributed by atoms with van der Waals surface area (Å²) < 4.78 is 10.3. The van der Waals surface area contributed by atoms with Gasteiger partial charge in [0, 0.05) is 20.1 Å². The van der Waals surface area contributed by atoms with Crippen molar-refractivity contribution in [2.75, 3.05) is 31.4 Å². The number of methoxy groups -OCH3 is 1. The Labute approximate surface area is 140 Å². The molecule has 1 aromatic carbocycles. The second-order valence-electron chi connectivity index (χ2n) is 5.55. The second kappa shape index (κ2) is 7.58. The summed E-state index contributed by atoms with van der Waals surface area (Å²) in [6.45, 7) is 3.98. The Morgan fingerprint density at radius 1 is 1.12 bits per heavy atom. The van der Waals surface area contributed by atoms with Crippen molar-refractivity contribution in [1.82, 2.24) is 15.0 Å². The van der Waals surface area contributed by atoms with Crippen LogP contribution in [0.2, 0.25) is 0 Å². The van der Waals surface area contributed by atoms with E-state index in [1.54, 1.807) is 29.2 Å². The lowest BCUT2D eigenvalue weighted by molar-refractivity contribution is 0.0600. The number of nitrogens with zero attached hydrogens (tertiary/aromatic N) is 4. The third-order valence-electron chi connectivity index (χ3n) is 2.91. The Hall–Kier alpha value is -2.90. The summed E-state index contributed by atoms with van der Waals surface area (Å²) in [5.41, 5.74) is 0.441. The molecular formula is C16H21N5O3. The van der Waals surface area contributed by atoms with E-state index in [-0.39, 0.29) is 12.1 Å². The highest BCUT2D eigenvalue weighted by molar-refractivity contribution is 5.89. The Morgan fingerprint density at radius 3 is 2.33 bits per heavy atom. The normalized spacial score (nSPS) is 10.4. The van der Waals surface area contributed by atoms with Crippen LogP contribution in [0.3, 0.4) is 0 Å². The monoisotopic (exact) mass is 331 g/mol. The SMILES string of the molecule is COC(=O)c1ccc(Oc2nc(NC(C)C)nc(N(C)C)n2)cc1. The van der Waals surface area contributed by atoms with Crippen LogP contribution in [0.15, 0.2) is 24.3 Å². The van der Waals surface area contributed by atoms with Gasteiger partial charge in [-0.3, -0.25) is 0 Å². The van der Waals surface area contributed by atoms with Gasteiger partial charge in [0.2, 0.25) is 11.9 Å². The van der Waals surface area contributed by atoms with E-state index in [2.05, 4.69) is 25.0 Å². The molecule has 128 valence electrons. The molecule has 1 aromatic heterocycles. The van der Waals surface area contributed by atoms with E-state index in [1.165, 1.54) is 7.11 Å². The molecule has 0 fully saturated rings. The van der Waals surface area contributed by atoms with E-state index in [0.717, 1.165) is 0 Å². The van der Waals surface area contributed by atoms with Crippen molar-refractivity contribution in [3.63, 3.8) is 0 Å². The zero-order valence-electron chi connectivity index (χ0n) is 14.4. The van der Waals surface area contributed by atoms with E-state index >= 15 is 0 Å². The number of ether oxygens (including phenoxy) is 2. The Balaban J connectivity index is 2.24. The highest BCUT2D eigenvalue weighted by atomic mass is 16.5. The smallest absolute Gasteiger partial charge is 0.337 e. The maximum atomic E-state index is 11.4. The molecule has 1 N–H and O–H groups in total. The van der Waals surface area contributed by atoms with Crippen molar-refractivity contribution >= 4 is 17.9 Å². The first-order valence-corrected chi connectivity index (χ1v) is 7.45. The van der Waals surface area contributed by atoms with Gasteiger partial charge in [0.05, 0.1) is 12.7 Å². The topological polar surface area (TPSA) is 89.5 Å². The van der Waals surface area contributed by atoms with Crippen molar-refractivity contribution in [2.24, 2.45) is 0 Å². The lowest BCUT2D eigenvalue weighted by Crippen LogP contribution is -2.18. The van der Waals surface area contributed by atoms with Crippen LogP contribution in [0.25, 0.3) is 0 Å². The highest BCUT2D eigenvalue weighted by Gasteiger charge is 2.11. The van der Waals surface area contributed by atoms with Crippen molar-refractivity contribution < 1.29 is 14.3 Å². The Kier molecular flexibility index (Phi) is 5.51. The number of aromatic nitrogens is 3. The van der Waals surface area contributed by atoms with Gasteiger partial charge in [-0.2, -0.15) is 15.0 Å². The summed E-state index contributed by atoms with van der Waals surface area (Å²) in [6.07, 6.45) is 0. The maximum absolute atomic E-state index is 11.4. The van der Waals surface area contributed by atoms with Crippen LogP contribution in [-0.2, 0) is 4.74 Å². The first-order chi connectivity index (χ1) is 11.4. The zero-order valence-corrected chi connectivity index (χ0v) is 14.4. The van der Waals surface area contributed by atoms with E-state index in [9.17, 15) is 4.79 Å². The minimum absolute atomic E-state index is 0.169. The van der Waals surface area contributed by atoms with Gasteiger partial charge in [-0.05, 0) is 38.1 Å². The van der Waals surface area contributed by atoms with Crippen molar-refractivity contribution in [2.45, 2.75) is 19.9 Å². The number of rotatable bonds is 6. The number of nitrogens with one attached hydrogen (secondary N) is 1. The zero-order chi connectivity index (χ0) is 17.7. The van der Waals surface area contributed by atoms with E-state index in [4.69, 9.17) is 4.74 Å². The summed E-state index contributed by atoms with van der Waals surface area (Å²) in [7, 11) is 5.01. The number of hydrogen-bond donors (Lipinski definition) is 1. The van der Waals surface area contributed by atoms with Crippen LogP contribution in [0.5, 0.6) is 11.8 Å². The van der Waals surface area contributed by atoms with Gasteiger partial charge in [0.1, 0.15) is 5.75 Å². The van der Waals surface area contributed by atoms with Crippen LogP contribution < -0.4 is 15.0 Å². The average molecular weight is 331 g/mol. The van der Waals surface area contributed by atoms with Gasteiger partial charge in [-0.15, -0.1) is 0 Å². The molecule has 0 saturated carbocycles. The third kappa shape index (κ3) is 4.55. The minimum Gasteiger partial charge on any atom is -0.465 e. The molecule has 2 rings (SSSR count). The largest absolute Gasteiger partial charge is 0.465 e. The third-order valence-corrected chi connectivity index (χ3v) is 2.91. The summed E-state index contributed by atoms with van der Waals surface area (Å²) in [6, 6.07) is 6.88.